The Balaban J connectivity index is 1.71. The predicted molar refractivity (Wildman–Crippen MR) is 96.5 cm³/mol. The fourth-order valence-corrected chi connectivity index (χ4v) is 2.65. The van der Waals surface area contributed by atoms with Crippen LogP contribution >= 0.6 is 0 Å². The molecule has 0 spiro atoms. The monoisotopic (exact) mass is 356 g/mol. The van der Waals surface area contributed by atoms with Crippen LogP contribution in [0.5, 0.6) is 23.0 Å². The van der Waals surface area contributed by atoms with Crippen LogP contribution < -0.4 is 24.3 Å². The summed E-state index contributed by atoms with van der Waals surface area (Å²) in [6.07, 6.45) is 0. The molecule has 0 aromatic heterocycles. The zero-order valence-electron chi connectivity index (χ0n) is 14.8. The van der Waals surface area contributed by atoms with Crippen LogP contribution in [0.3, 0.4) is 0 Å². The molecule has 0 bridgehead atoms. The molecular weight excluding hydrogens is 336 g/mol. The molecule has 1 aliphatic rings. The summed E-state index contributed by atoms with van der Waals surface area (Å²) in [5.74, 6) is 1.81. The van der Waals surface area contributed by atoms with Crippen molar-refractivity contribution in [2.75, 3.05) is 27.9 Å². The lowest BCUT2D eigenvalue weighted by Crippen LogP contribution is -2.40. The van der Waals surface area contributed by atoms with Crippen LogP contribution in [0.4, 0.5) is 0 Å². The van der Waals surface area contributed by atoms with E-state index in [1.54, 1.807) is 12.1 Å². The standard InChI is InChI=1S/C19H20N2O5/c1-23-15-9-13(10-16(24-2)17(15)25-3)26-19(22)14-11-20-18(21-14)12-7-5-4-6-8-12/h4-10,14H,11H2,1-3H3,(H,20,21). The lowest BCUT2D eigenvalue weighted by molar-refractivity contribution is -0.135. The van der Waals surface area contributed by atoms with Gasteiger partial charge in [0, 0.05) is 17.7 Å². The van der Waals surface area contributed by atoms with Gasteiger partial charge in [0.15, 0.2) is 11.5 Å². The highest BCUT2D eigenvalue weighted by Crippen LogP contribution is 2.40. The summed E-state index contributed by atoms with van der Waals surface area (Å²) in [6.45, 7) is 0.313. The maximum Gasteiger partial charge on any atom is 0.335 e. The van der Waals surface area contributed by atoms with Gasteiger partial charge in [0.05, 0.1) is 27.9 Å². The summed E-state index contributed by atoms with van der Waals surface area (Å²) in [6, 6.07) is 12.2. The van der Waals surface area contributed by atoms with Gasteiger partial charge in [-0.15, -0.1) is 0 Å². The third-order valence-electron chi connectivity index (χ3n) is 3.93. The maximum absolute atomic E-state index is 12.5. The third kappa shape index (κ3) is 3.56. The number of nitrogens with one attached hydrogen (secondary N) is 1. The number of esters is 1. The first-order valence-corrected chi connectivity index (χ1v) is 8.04. The van der Waals surface area contributed by atoms with Crippen LogP contribution in [0.15, 0.2) is 47.5 Å². The SMILES string of the molecule is COc1cc(OC(=O)C2CN=C(c3ccccc3)N2)cc(OC)c1OC. The van der Waals surface area contributed by atoms with Gasteiger partial charge in [0.1, 0.15) is 17.6 Å². The van der Waals surface area contributed by atoms with Crippen LogP contribution in [-0.4, -0.2) is 45.7 Å². The number of benzene rings is 2. The zero-order chi connectivity index (χ0) is 18.5. The lowest BCUT2D eigenvalue weighted by Gasteiger charge is -2.15. The number of amidine groups is 1. The number of carbonyl (C=O) groups is 1. The third-order valence-corrected chi connectivity index (χ3v) is 3.93. The molecule has 1 atom stereocenters. The Kier molecular flexibility index (Phi) is 5.26. The number of hydrogen-bond acceptors (Lipinski definition) is 7. The molecule has 1 unspecified atom stereocenters. The van der Waals surface area contributed by atoms with E-state index in [1.165, 1.54) is 21.3 Å². The van der Waals surface area contributed by atoms with Crippen LogP contribution in [0.25, 0.3) is 0 Å². The molecule has 2 aromatic carbocycles. The van der Waals surface area contributed by atoms with E-state index in [1.807, 2.05) is 30.3 Å². The molecule has 1 heterocycles. The van der Waals surface area contributed by atoms with E-state index >= 15 is 0 Å². The molecule has 26 heavy (non-hydrogen) atoms. The van der Waals surface area contributed by atoms with E-state index in [0.29, 0.717) is 35.4 Å². The van der Waals surface area contributed by atoms with Gasteiger partial charge in [0.25, 0.3) is 0 Å². The van der Waals surface area contributed by atoms with Gasteiger partial charge in [0.2, 0.25) is 5.75 Å². The Labute approximate surface area is 151 Å². The molecule has 1 N–H and O–H groups in total. The Morgan fingerprint density at radius 3 is 2.27 bits per heavy atom. The van der Waals surface area contributed by atoms with Gasteiger partial charge in [-0.3, -0.25) is 4.99 Å². The lowest BCUT2D eigenvalue weighted by atomic mass is 10.2. The second kappa shape index (κ2) is 7.77. The van der Waals surface area contributed by atoms with Crippen molar-refractivity contribution in [3.8, 4) is 23.0 Å². The summed E-state index contributed by atoms with van der Waals surface area (Å²) in [5, 5.41) is 3.10. The van der Waals surface area contributed by atoms with Crippen molar-refractivity contribution < 1.29 is 23.7 Å². The minimum Gasteiger partial charge on any atom is -0.493 e. The quantitative estimate of drug-likeness (QED) is 0.630. The molecule has 7 nitrogen and oxygen atoms in total. The van der Waals surface area contributed by atoms with E-state index in [-0.39, 0.29) is 0 Å². The summed E-state index contributed by atoms with van der Waals surface area (Å²) in [5.41, 5.74) is 0.926. The summed E-state index contributed by atoms with van der Waals surface area (Å²) < 4.78 is 21.3. The highest BCUT2D eigenvalue weighted by atomic mass is 16.5. The van der Waals surface area contributed by atoms with Crippen molar-refractivity contribution in [3.63, 3.8) is 0 Å². The topological polar surface area (TPSA) is 78.4 Å². The molecule has 0 fully saturated rings. The first kappa shape index (κ1) is 17.6. The molecule has 0 saturated carbocycles. The number of aliphatic imine (C=N–C) groups is 1. The fourth-order valence-electron chi connectivity index (χ4n) is 2.65. The molecule has 0 saturated heterocycles. The summed E-state index contributed by atoms with van der Waals surface area (Å²) in [7, 11) is 4.51. The Morgan fingerprint density at radius 1 is 1.04 bits per heavy atom. The maximum atomic E-state index is 12.5. The van der Waals surface area contributed by atoms with E-state index in [2.05, 4.69) is 10.3 Å². The van der Waals surface area contributed by atoms with Gasteiger partial charge in [-0.2, -0.15) is 0 Å². The largest absolute Gasteiger partial charge is 0.493 e. The number of rotatable bonds is 6. The Bertz CT molecular complexity index is 795. The van der Waals surface area contributed by atoms with Crippen molar-refractivity contribution in [1.82, 2.24) is 5.32 Å². The van der Waals surface area contributed by atoms with Crippen molar-refractivity contribution in [1.29, 1.82) is 0 Å². The highest BCUT2D eigenvalue weighted by Gasteiger charge is 2.27. The molecule has 2 aromatic rings. The van der Waals surface area contributed by atoms with Crippen molar-refractivity contribution in [2.24, 2.45) is 4.99 Å². The molecule has 1 aliphatic heterocycles. The molecule has 0 radical (unpaired) electrons. The predicted octanol–water partition coefficient (Wildman–Crippen LogP) is 2.04. The smallest absolute Gasteiger partial charge is 0.335 e. The summed E-state index contributed by atoms with van der Waals surface area (Å²) in [4.78, 5) is 16.9. The van der Waals surface area contributed by atoms with Crippen LogP contribution in [0.1, 0.15) is 5.56 Å². The van der Waals surface area contributed by atoms with Crippen molar-refractivity contribution in [3.05, 3.63) is 48.0 Å². The van der Waals surface area contributed by atoms with Gasteiger partial charge < -0.3 is 24.3 Å². The van der Waals surface area contributed by atoms with Crippen LogP contribution in [-0.2, 0) is 4.79 Å². The first-order valence-electron chi connectivity index (χ1n) is 8.04. The first-order chi connectivity index (χ1) is 12.7. The fraction of sp³-hybridized carbons (Fsp3) is 0.263. The number of hydrogen-bond donors (Lipinski definition) is 1. The van der Waals surface area contributed by atoms with Crippen molar-refractivity contribution in [2.45, 2.75) is 6.04 Å². The van der Waals surface area contributed by atoms with Gasteiger partial charge in [-0.1, -0.05) is 30.3 Å². The Morgan fingerprint density at radius 2 is 1.69 bits per heavy atom. The van der Waals surface area contributed by atoms with E-state index in [4.69, 9.17) is 18.9 Å². The normalized spacial score (nSPS) is 15.7. The Hall–Kier alpha value is -3.22. The van der Waals surface area contributed by atoms with Gasteiger partial charge in [-0.05, 0) is 0 Å². The minimum atomic E-state index is -0.552. The highest BCUT2D eigenvalue weighted by molar-refractivity contribution is 6.02. The average Bonchev–Trinajstić information content (AvgIpc) is 3.18. The average molecular weight is 356 g/mol. The molecule has 7 heteroatoms. The van der Waals surface area contributed by atoms with E-state index in [0.717, 1.165) is 5.56 Å². The minimum absolute atomic E-state index is 0.305. The number of carbonyl (C=O) groups excluding carboxylic acids is 1. The van der Waals surface area contributed by atoms with Crippen LogP contribution in [0.2, 0.25) is 0 Å². The van der Waals surface area contributed by atoms with Gasteiger partial charge >= 0.3 is 5.97 Å². The van der Waals surface area contributed by atoms with Crippen LogP contribution in [0, 0.1) is 0 Å². The second-order valence-corrected chi connectivity index (χ2v) is 5.53. The van der Waals surface area contributed by atoms with Crippen molar-refractivity contribution >= 4 is 11.8 Å². The zero-order valence-corrected chi connectivity index (χ0v) is 14.8. The number of methoxy groups -OCH3 is 3. The van der Waals surface area contributed by atoms with E-state index in [9.17, 15) is 4.79 Å². The molecule has 0 aliphatic carbocycles. The number of ether oxygens (including phenoxy) is 4. The number of nitrogens with zero attached hydrogens (tertiary/aromatic N) is 1. The van der Waals surface area contributed by atoms with Gasteiger partial charge in [-0.25, -0.2) is 4.79 Å². The molecule has 0 amide bonds. The summed E-state index contributed by atoms with van der Waals surface area (Å²) >= 11 is 0. The molecule has 136 valence electrons. The molecule has 3 rings (SSSR count). The van der Waals surface area contributed by atoms with E-state index < -0.39 is 12.0 Å². The second-order valence-electron chi connectivity index (χ2n) is 5.53. The molecular formula is C19H20N2O5.